The van der Waals surface area contributed by atoms with E-state index in [1.54, 1.807) is 0 Å². The molecule has 0 saturated carbocycles. The molecule has 0 unspecified atom stereocenters. The average Bonchev–Trinajstić information content (AvgIpc) is 2.50. The Hall–Kier alpha value is -0.870. The lowest BCUT2D eigenvalue weighted by molar-refractivity contribution is -0.924. The molecule has 0 heterocycles. The van der Waals surface area contributed by atoms with Crippen molar-refractivity contribution >= 4 is 5.91 Å². The Morgan fingerprint density at radius 1 is 1.19 bits per heavy atom. The zero-order chi connectivity index (χ0) is 16.1. The smallest absolute Gasteiger partial charge is 0.222 e. The van der Waals surface area contributed by atoms with Crippen molar-refractivity contribution in [1.82, 2.24) is 4.90 Å². The second kappa shape index (κ2) is 11.8. The molecule has 124 valence electrons. The highest BCUT2D eigenvalue weighted by Gasteiger charge is 2.23. The Morgan fingerprint density at radius 2 is 1.86 bits per heavy atom. The fourth-order valence-electron chi connectivity index (χ4n) is 2.60. The van der Waals surface area contributed by atoms with Gasteiger partial charge in [0.25, 0.3) is 0 Å². The molecule has 0 spiro atoms. The number of likely N-dealkylation sites (N-methyl/N-ethyl adjacent to an activating group) is 2. The standard InChI is InChI=1S/C17H35N2O2/c1-5-8-9-10-11-12-17(21)18(4)13-14-19(6-2,7-3)15-16-20/h5,20H,1,6-16H2,2-4H3/q+1. The van der Waals surface area contributed by atoms with Crippen LogP contribution < -0.4 is 0 Å². The normalized spacial score (nSPS) is 11.4. The van der Waals surface area contributed by atoms with Crippen LogP contribution in [0.25, 0.3) is 0 Å². The molecular weight excluding hydrogens is 264 g/mol. The van der Waals surface area contributed by atoms with Gasteiger partial charge in [0.2, 0.25) is 5.91 Å². The van der Waals surface area contributed by atoms with E-state index in [9.17, 15) is 9.90 Å². The van der Waals surface area contributed by atoms with Gasteiger partial charge in [0.1, 0.15) is 6.54 Å². The van der Waals surface area contributed by atoms with Crippen LogP contribution in [0, 0.1) is 0 Å². The summed E-state index contributed by atoms with van der Waals surface area (Å²) in [5.74, 6) is 0.239. The molecule has 0 aromatic carbocycles. The molecule has 0 atom stereocenters. The first-order valence-electron chi connectivity index (χ1n) is 8.36. The quantitative estimate of drug-likeness (QED) is 0.322. The van der Waals surface area contributed by atoms with Crippen LogP contribution in [0.3, 0.4) is 0 Å². The molecule has 0 rings (SSSR count). The Kier molecular flexibility index (Phi) is 11.3. The van der Waals surface area contributed by atoms with Crippen molar-refractivity contribution in [2.24, 2.45) is 0 Å². The van der Waals surface area contributed by atoms with E-state index in [1.807, 2.05) is 18.0 Å². The van der Waals surface area contributed by atoms with Crippen molar-refractivity contribution in [3.8, 4) is 0 Å². The number of hydrogen-bond donors (Lipinski definition) is 1. The van der Waals surface area contributed by atoms with Gasteiger partial charge in [0.15, 0.2) is 0 Å². The van der Waals surface area contributed by atoms with Gasteiger partial charge >= 0.3 is 0 Å². The average molecular weight is 299 g/mol. The molecule has 1 N–H and O–H groups in total. The van der Waals surface area contributed by atoms with E-state index in [1.165, 1.54) is 0 Å². The van der Waals surface area contributed by atoms with Crippen molar-refractivity contribution in [2.45, 2.75) is 46.0 Å². The minimum atomic E-state index is 0.211. The summed E-state index contributed by atoms with van der Waals surface area (Å²) < 4.78 is 0.882. The highest BCUT2D eigenvalue weighted by Crippen LogP contribution is 2.08. The van der Waals surface area contributed by atoms with E-state index in [2.05, 4.69) is 20.4 Å². The Bertz CT molecular complexity index is 289. The van der Waals surface area contributed by atoms with Crippen LogP contribution in [-0.2, 0) is 4.79 Å². The van der Waals surface area contributed by atoms with Gasteiger partial charge in [-0.05, 0) is 33.1 Å². The Morgan fingerprint density at radius 3 is 2.38 bits per heavy atom. The summed E-state index contributed by atoms with van der Waals surface area (Å²) in [5.41, 5.74) is 0. The number of aliphatic hydroxyl groups is 1. The van der Waals surface area contributed by atoms with E-state index >= 15 is 0 Å². The predicted octanol–water partition coefficient (Wildman–Crippen LogP) is 2.43. The highest BCUT2D eigenvalue weighted by molar-refractivity contribution is 5.75. The van der Waals surface area contributed by atoms with Gasteiger partial charge in [-0.15, -0.1) is 6.58 Å². The maximum Gasteiger partial charge on any atom is 0.222 e. The van der Waals surface area contributed by atoms with Crippen molar-refractivity contribution in [3.05, 3.63) is 12.7 Å². The summed E-state index contributed by atoms with van der Waals surface area (Å²) in [5, 5.41) is 9.22. The van der Waals surface area contributed by atoms with Gasteiger partial charge in [-0.1, -0.05) is 12.5 Å². The number of unbranched alkanes of at least 4 members (excludes halogenated alkanes) is 3. The minimum absolute atomic E-state index is 0.211. The highest BCUT2D eigenvalue weighted by atomic mass is 16.3. The van der Waals surface area contributed by atoms with Gasteiger partial charge < -0.3 is 14.5 Å². The van der Waals surface area contributed by atoms with Crippen LogP contribution in [0.5, 0.6) is 0 Å². The first-order chi connectivity index (χ1) is 10.0. The van der Waals surface area contributed by atoms with Crippen molar-refractivity contribution in [1.29, 1.82) is 0 Å². The van der Waals surface area contributed by atoms with Gasteiger partial charge in [-0.25, -0.2) is 0 Å². The fourth-order valence-corrected chi connectivity index (χ4v) is 2.60. The minimum Gasteiger partial charge on any atom is -0.391 e. The summed E-state index contributed by atoms with van der Waals surface area (Å²) in [4.78, 5) is 13.9. The molecule has 0 aliphatic carbocycles. The van der Waals surface area contributed by atoms with Crippen LogP contribution in [0.2, 0.25) is 0 Å². The van der Waals surface area contributed by atoms with Gasteiger partial charge in [0.05, 0.1) is 32.8 Å². The number of amides is 1. The van der Waals surface area contributed by atoms with Crippen LogP contribution in [0.1, 0.15) is 46.0 Å². The maximum atomic E-state index is 12.1. The summed E-state index contributed by atoms with van der Waals surface area (Å²) in [6.07, 6.45) is 6.81. The molecule has 0 aliphatic heterocycles. The second-order valence-electron chi connectivity index (χ2n) is 5.85. The first kappa shape index (κ1) is 20.1. The lowest BCUT2D eigenvalue weighted by Crippen LogP contribution is -2.53. The molecule has 0 bridgehead atoms. The van der Waals surface area contributed by atoms with Gasteiger partial charge in [0, 0.05) is 13.5 Å². The molecule has 1 amide bonds. The third-order valence-electron chi connectivity index (χ3n) is 4.55. The maximum absolute atomic E-state index is 12.1. The molecule has 0 aromatic heterocycles. The summed E-state index contributed by atoms with van der Waals surface area (Å²) in [7, 11) is 1.89. The predicted molar refractivity (Wildman–Crippen MR) is 89.1 cm³/mol. The molecule has 4 heteroatoms. The molecule has 0 fully saturated rings. The van der Waals surface area contributed by atoms with E-state index in [0.717, 1.165) is 62.9 Å². The molecule has 0 saturated heterocycles. The molecular formula is C17H35N2O2+. The van der Waals surface area contributed by atoms with E-state index < -0.39 is 0 Å². The van der Waals surface area contributed by atoms with Crippen LogP contribution >= 0.6 is 0 Å². The molecule has 21 heavy (non-hydrogen) atoms. The van der Waals surface area contributed by atoms with Crippen LogP contribution in [0.15, 0.2) is 12.7 Å². The Labute approximate surface area is 131 Å². The largest absolute Gasteiger partial charge is 0.391 e. The number of allylic oxidation sites excluding steroid dienone is 1. The number of rotatable bonds is 13. The molecule has 0 radical (unpaired) electrons. The van der Waals surface area contributed by atoms with E-state index in [0.29, 0.717) is 6.42 Å². The lowest BCUT2D eigenvalue weighted by atomic mass is 10.1. The number of nitrogens with zero attached hydrogens (tertiary/aromatic N) is 2. The first-order valence-corrected chi connectivity index (χ1v) is 8.36. The summed E-state index contributed by atoms with van der Waals surface area (Å²) >= 11 is 0. The molecule has 0 aromatic rings. The van der Waals surface area contributed by atoms with Crippen molar-refractivity contribution < 1.29 is 14.4 Å². The zero-order valence-corrected chi connectivity index (χ0v) is 14.3. The lowest BCUT2D eigenvalue weighted by Gasteiger charge is -2.37. The van der Waals surface area contributed by atoms with E-state index in [4.69, 9.17) is 0 Å². The monoisotopic (exact) mass is 299 g/mol. The fraction of sp³-hybridized carbons (Fsp3) is 0.824. The zero-order valence-electron chi connectivity index (χ0n) is 14.3. The number of aliphatic hydroxyl groups excluding tert-OH is 1. The number of quaternary nitrogens is 1. The number of carbonyl (C=O) groups is 1. The number of hydrogen-bond acceptors (Lipinski definition) is 2. The topological polar surface area (TPSA) is 40.5 Å². The van der Waals surface area contributed by atoms with E-state index in [-0.39, 0.29) is 12.5 Å². The van der Waals surface area contributed by atoms with Crippen molar-refractivity contribution in [2.75, 3.05) is 46.4 Å². The second-order valence-corrected chi connectivity index (χ2v) is 5.85. The SMILES string of the molecule is C=CCCCCCC(=O)N(C)CC[N+](CC)(CC)CCO. The summed E-state index contributed by atoms with van der Waals surface area (Å²) in [6, 6.07) is 0. The van der Waals surface area contributed by atoms with Crippen LogP contribution in [-0.4, -0.2) is 66.8 Å². The third-order valence-corrected chi connectivity index (χ3v) is 4.55. The van der Waals surface area contributed by atoms with Crippen LogP contribution in [0.4, 0.5) is 0 Å². The van der Waals surface area contributed by atoms with Crippen molar-refractivity contribution in [3.63, 3.8) is 0 Å². The Balaban J connectivity index is 4.07. The van der Waals surface area contributed by atoms with Gasteiger partial charge in [-0.2, -0.15) is 0 Å². The molecule has 4 nitrogen and oxygen atoms in total. The summed E-state index contributed by atoms with van der Waals surface area (Å²) in [6.45, 7) is 12.7. The third kappa shape index (κ3) is 8.22. The van der Waals surface area contributed by atoms with Gasteiger partial charge in [-0.3, -0.25) is 4.79 Å². The molecule has 0 aliphatic rings. The number of carbonyl (C=O) groups excluding carboxylic acids is 1.